The van der Waals surface area contributed by atoms with Crippen molar-refractivity contribution in [1.82, 2.24) is 14.8 Å². The van der Waals surface area contributed by atoms with Gasteiger partial charge in [0.1, 0.15) is 0 Å². The third-order valence-electron chi connectivity index (χ3n) is 5.01. The van der Waals surface area contributed by atoms with Gasteiger partial charge in [-0.2, -0.15) is 0 Å². The number of rotatable bonds is 3. The van der Waals surface area contributed by atoms with Crippen LogP contribution in [0, 0.1) is 11.8 Å². The number of carbonyl (C=O) groups excluding carboxylic acids is 1. The summed E-state index contributed by atoms with van der Waals surface area (Å²) in [6.45, 7) is 5.87. The topological polar surface area (TPSA) is 39.7 Å². The summed E-state index contributed by atoms with van der Waals surface area (Å²) in [6, 6.07) is 0.489. The van der Waals surface area contributed by atoms with Gasteiger partial charge in [0, 0.05) is 43.8 Å². The first-order chi connectivity index (χ1) is 10.6. The molecule has 3 heterocycles. The Morgan fingerprint density at radius 3 is 2.82 bits per heavy atom. The summed E-state index contributed by atoms with van der Waals surface area (Å²) in [7, 11) is 4.22. The van der Waals surface area contributed by atoms with Crippen LogP contribution in [0.5, 0.6) is 0 Å². The molecule has 1 amide bonds. The predicted molar refractivity (Wildman–Crippen MR) is 90.3 cm³/mol. The number of carbonyl (C=O) groups is 1. The zero-order valence-corrected chi connectivity index (χ0v) is 14.6. The van der Waals surface area contributed by atoms with Crippen LogP contribution in [0.4, 0.5) is 5.13 Å². The van der Waals surface area contributed by atoms with E-state index in [-0.39, 0.29) is 5.92 Å². The highest BCUT2D eigenvalue weighted by molar-refractivity contribution is 7.13. The number of anilines is 1. The summed E-state index contributed by atoms with van der Waals surface area (Å²) in [4.78, 5) is 23.9. The summed E-state index contributed by atoms with van der Waals surface area (Å²) in [6.07, 6.45) is 3.93. The van der Waals surface area contributed by atoms with E-state index in [1.54, 1.807) is 11.3 Å². The molecule has 6 heteroatoms. The van der Waals surface area contributed by atoms with Gasteiger partial charge in [-0.15, -0.1) is 11.3 Å². The molecular weight excluding hydrogens is 296 g/mol. The molecule has 0 N–H and O–H groups in total. The van der Waals surface area contributed by atoms with Crippen molar-refractivity contribution in [2.75, 3.05) is 45.2 Å². The van der Waals surface area contributed by atoms with Gasteiger partial charge in [-0.05, 0) is 32.9 Å². The van der Waals surface area contributed by atoms with Crippen molar-refractivity contribution in [3.8, 4) is 0 Å². The lowest BCUT2D eigenvalue weighted by Gasteiger charge is -2.34. The maximum Gasteiger partial charge on any atom is 0.227 e. The molecular formula is C16H26N4OS. The molecule has 122 valence electrons. The van der Waals surface area contributed by atoms with Crippen LogP contribution in [0.3, 0.4) is 0 Å². The number of piperidine rings is 1. The van der Waals surface area contributed by atoms with Crippen molar-refractivity contribution >= 4 is 22.4 Å². The molecule has 0 bridgehead atoms. The zero-order chi connectivity index (χ0) is 15.7. The van der Waals surface area contributed by atoms with E-state index < -0.39 is 0 Å². The van der Waals surface area contributed by atoms with E-state index in [0.717, 1.165) is 44.2 Å². The first kappa shape index (κ1) is 15.7. The number of likely N-dealkylation sites (tertiary alicyclic amines) is 1. The van der Waals surface area contributed by atoms with Gasteiger partial charge in [-0.3, -0.25) is 4.79 Å². The van der Waals surface area contributed by atoms with Crippen LogP contribution in [0.2, 0.25) is 0 Å². The molecule has 0 spiro atoms. The van der Waals surface area contributed by atoms with Crippen LogP contribution in [0.25, 0.3) is 0 Å². The van der Waals surface area contributed by atoms with Crippen molar-refractivity contribution in [2.45, 2.75) is 25.8 Å². The lowest BCUT2D eigenvalue weighted by atomic mass is 9.97. The molecule has 2 aliphatic heterocycles. The minimum atomic E-state index is 0.130. The highest BCUT2D eigenvalue weighted by Crippen LogP contribution is 2.28. The molecule has 0 unspecified atom stereocenters. The Kier molecular flexibility index (Phi) is 4.68. The Labute approximate surface area is 136 Å². The number of amides is 1. The second kappa shape index (κ2) is 6.54. The predicted octanol–water partition coefficient (Wildman–Crippen LogP) is 1.77. The van der Waals surface area contributed by atoms with Crippen LogP contribution in [-0.2, 0) is 4.79 Å². The van der Waals surface area contributed by atoms with E-state index in [2.05, 4.69) is 40.7 Å². The largest absolute Gasteiger partial charge is 0.347 e. The van der Waals surface area contributed by atoms with E-state index in [1.807, 2.05) is 11.6 Å². The van der Waals surface area contributed by atoms with E-state index in [1.165, 1.54) is 0 Å². The van der Waals surface area contributed by atoms with Crippen LogP contribution in [0.15, 0.2) is 11.6 Å². The maximum absolute atomic E-state index is 12.9. The number of aromatic nitrogens is 1. The third-order valence-corrected chi connectivity index (χ3v) is 5.84. The minimum Gasteiger partial charge on any atom is -0.347 e. The Balaban J connectivity index is 1.63. The average Bonchev–Trinajstić information content (AvgIpc) is 3.16. The Morgan fingerprint density at radius 1 is 1.36 bits per heavy atom. The van der Waals surface area contributed by atoms with E-state index >= 15 is 0 Å². The van der Waals surface area contributed by atoms with Crippen LogP contribution < -0.4 is 4.90 Å². The van der Waals surface area contributed by atoms with Crippen molar-refractivity contribution in [3.05, 3.63) is 11.6 Å². The van der Waals surface area contributed by atoms with E-state index in [9.17, 15) is 4.79 Å². The quantitative estimate of drug-likeness (QED) is 0.850. The Hall–Kier alpha value is -1.14. The molecule has 22 heavy (non-hydrogen) atoms. The maximum atomic E-state index is 12.9. The highest BCUT2D eigenvalue weighted by Gasteiger charge is 2.37. The van der Waals surface area contributed by atoms with Gasteiger partial charge in [0.15, 0.2) is 5.13 Å². The second-order valence-electron chi connectivity index (χ2n) is 6.85. The second-order valence-corrected chi connectivity index (χ2v) is 7.72. The van der Waals surface area contributed by atoms with E-state index in [4.69, 9.17) is 0 Å². The van der Waals surface area contributed by atoms with Crippen LogP contribution in [-0.4, -0.2) is 67.0 Å². The molecule has 1 aromatic rings. The standard InChI is InChI=1S/C16H26N4OS/c1-12-9-20(11-14(12)18(2)3)15(21)13-5-4-7-19(10-13)16-17-6-8-22-16/h6,8,12-14H,4-5,7,9-11H2,1-3H3/t12-,13-,14+/m1/s1. The Bertz CT molecular complexity index is 504. The average molecular weight is 322 g/mol. The molecule has 0 saturated carbocycles. The van der Waals surface area contributed by atoms with Gasteiger partial charge in [0.2, 0.25) is 5.91 Å². The van der Waals surface area contributed by atoms with E-state index in [0.29, 0.717) is 17.9 Å². The van der Waals surface area contributed by atoms with Crippen LogP contribution >= 0.6 is 11.3 Å². The van der Waals surface area contributed by atoms with Crippen molar-refractivity contribution in [2.24, 2.45) is 11.8 Å². The monoisotopic (exact) mass is 322 g/mol. The summed E-state index contributed by atoms with van der Waals surface area (Å²) < 4.78 is 0. The number of likely N-dealkylation sites (N-methyl/N-ethyl adjacent to an activating group) is 1. The van der Waals surface area contributed by atoms with Gasteiger partial charge in [0.25, 0.3) is 0 Å². The summed E-state index contributed by atoms with van der Waals surface area (Å²) in [5.41, 5.74) is 0. The first-order valence-electron chi connectivity index (χ1n) is 8.16. The van der Waals surface area contributed by atoms with Gasteiger partial charge in [0.05, 0.1) is 5.92 Å². The number of nitrogens with zero attached hydrogens (tertiary/aromatic N) is 4. The zero-order valence-electron chi connectivity index (χ0n) is 13.7. The third kappa shape index (κ3) is 3.13. The summed E-state index contributed by atoms with van der Waals surface area (Å²) in [5.74, 6) is 1.03. The molecule has 3 rings (SSSR count). The fraction of sp³-hybridized carbons (Fsp3) is 0.750. The summed E-state index contributed by atoms with van der Waals surface area (Å²) in [5, 5.41) is 3.06. The summed E-state index contributed by atoms with van der Waals surface area (Å²) >= 11 is 1.66. The van der Waals surface area contributed by atoms with Crippen LogP contribution in [0.1, 0.15) is 19.8 Å². The first-order valence-corrected chi connectivity index (χ1v) is 9.04. The molecule has 0 aromatic carbocycles. The highest BCUT2D eigenvalue weighted by atomic mass is 32.1. The molecule has 5 nitrogen and oxygen atoms in total. The lowest BCUT2D eigenvalue weighted by molar-refractivity contribution is -0.135. The van der Waals surface area contributed by atoms with Crippen molar-refractivity contribution in [1.29, 1.82) is 0 Å². The van der Waals surface area contributed by atoms with Gasteiger partial charge >= 0.3 is 0 Å². The lowest BCUT2D eigenvalue weighted by Crippen LogP contribution is -2.45. The number of hydrogen-bond donors (Lipinski definition) is 0. The molecule has 3 atom stereocenters. The number of thiazole rings is 1. The van der Waals surface area contributed by atoms with Crippen molar-refractivity contribution in [3.63, 3.8) is 0 Å². The Morgan fingerprint density at radius 2 is 2.18 bits per heavy atom. The van der Waals surface area contributed by atoms with Crippen molar-refractivity contribution < 1.29 is 4.79 Å². The smallest absolute Gasteiger partial charge is 0.227 e. The van der Waals surface area contributed by atoms with Gasteiger partial charge in [-0.25, -0.2) is 4.98 Å². The van der Waals surface area contributed by atoms with Gasteiger partial charge < -0.3 is 14.7 Å². The molecule has 2 saturated heterocycles. The van der Waals surface area contributed by atoms with Gasteiger partial charge in [-0.1, -0.05) is 6.92 Å². The SMILES string of the molecule is C[C@@H]1CN(C(=O)[C@@H]2CCCN(c3nccs3)C2)C[C@@H]1N(C)C. The molecule has 0 radical (unpaired) electrons. The molecule has 2 fully saturated rings. The fourth-order valence-electron chi connectivity index (χ4n) is 3.78. The normalized spacial score (nSPS) is 29.4. The molecule has 0 aliphatic carbocycles. The minimum absolute atomic E-state index is 0.130. The molecule has 2 aliphatic rings. The fourth-order valence-corrected chi connectivity index (χ4v) is 4.46. The number of hydrogen-bond acceptors (Lipinski definition) is 5. The molecule has 1 aromatic heterocycles.